The van der Waals surface area contributed by atoms with Gasteiger partial charge in [-0.3, -0.25) is 14.0 Å². The molecule has 0 fully saturated rings. The van der Waals surface area contributed by atoms with Crippen LogP contribution in [0.1, 0.15) is 19.0 Å². The lowest BCUT2D eigenvalue weighted by atomic mass is 10.1. The first-order valence-corrected chi connectivity index (χ1v) is 10.3. The molecule has 8 heteroatoms. The van der Waals surface area contributed by atoms with Gasteiger partial charge >= 0.3 is 0 Å². The van der Waals surface area contributed by atoms with E-state index in [0.717, 1.165) is 10.7 Å². The summed E-state index contributed by atoms with van der Waals surface area (Å²) in [5, 5.41) is 7.49. The molecule has 0 unspecified atom stereocenters. The number of benzene rings is 2. The first-order valence-electron chi connectivity index (χ1n) is 9.37. The van der Waals surface area contributed by atoms with Gasteiger partial charge in [-0.25, -0.2) is 9.37 Å². The first-order chi connectivity index (χ1) is 14.5. The van der Waals surface area contributed by atoms with Gasteiger partial charge in [0.15, 0.2) is 4.96 Å². The number of rotatable bonds is 6. The van der Waals surface area contributed by atoms with Gasteiger partial charge in [0.05, 0.1) is 5.69 Å². The zero-order chi connectivity index (χ0) is 21.1. The van der Waals surface area contributed by atoms with Crippen molar-refractivity contribution in [3.63, 3.8) is 0 Å². The fourth-order valence-corrected chi connectivity index (χ4v) is 4.06. The fraction of sp³-hybridized carbons (Fsp3) is 0.136. The zero-order valence-corrected chi connectivity index (χ0v) is 17.0. The van der Waals surface area contributed by atoms with Crippen LogP contribution in [0.15, 0.2) is 60.1 Å². The highest BCUT2D eigenvalue weighted by atomic mass is 32.1. The predicted octanol–water partition coefficient (Wildman–Crippen LogP) is 4.73. The molecule has 2 aromatic heterocycles. The van der Waals surface area contributed by atoms with Crippen LogP contribution in [0.5, 0.6) is 0 Å². The molecule has 0 aliphatic carbocycles. The molecule has 2 aromatic carbocycles. The summed E-state index contributed by atoms with van der Waals surface area (Å²) >= 11 is 1.46. The third-order valence-electron chi connectivity index (χ3n) is 4.51. The maximum Gasteiger partial charge on any atom is 0.224 e. The number of hydrogen-bond donors (Lipinski definition) is 2. The van der Waals surface area contributed by atoms with E-state index in [2.05, 4.69) is 15.6 Å². The highest BCUT2D eigenvalue weighted by Crippen LogP contribution is 2.26. The van der Waals surface area contributed by atoms with E-state index in [4.69, 9.17) is 0 Å². The molecule has 2 amide bonds. The number of carbonyl (C=O) groups is 2. The molecule has 6 nitrogen and oxygen atoms in total. The summed E-state index contributed by atoms with van der Waals surface area (Å²) in [4.78, 5) is 28.8. The van der Waals surface area contributed by atoms with Crippen LogP contribution < -0.4 is 10.6 Å². The molecular weight excluding hydrogens is 403 g/mol. The number of aryl methyl sites for hydroxylation is 1. The average molecular weight is 422 g/mol. The van der Waals surface area contributed by atoms with Crippen molar-refractivity contribution < 1.29 is 14.0 Å². The number of nitrogens with one attached hydrogen (secondary N) is 2. The van der Waals surface area contributed by atoms with Gasteiger partial charge in [-0.1, -0.05) is 18.2 Å². The van der Waals surface area contributed by atoms with E-state index >= 15 is 0 Å². The zero-order valence-electron chi connectivity index (χ0n) is 16.2. The first kappa shape index (κ1) is 19.8. The predicted molar refractivity (Wildman–Crippen MR) is 116 cm³/mol. The van der Waals surface area contributed by atoms with Crippen molar-refractivity contribution in [2.24, 2.45) is 0 Å². The quantitative estimate of drug-likeness (QED) is 0.472. The summed E-state index contributed by atoms with van der Waals surface area (Å²) in [5.41, 5.74) is 3.20. The maximum absolute atomic E-state index is 14.0. The lowest BCUT2D eigenvalue weighted by Crippen LogP contribution is -2.13. The molecule has 2 heterocycles. The van der Waals surface area contributed by atoms with Gasteiger partial charge in [0.1, 0.15) is 5.82 Å². The third-order valence-corrected chi connectivity index (χ3v) is 5.40. The van der Waals surface area contributed by atoms with Crippen molar-refractivity contribution >= 4 is 39.5 Å². The van der Waals surface area contributed by atoms with E-state index in [1.165, 1.54) is 24.3 Å². The molecule has 0 aliphatic rings. The molecule has 0 bridgehead atoms. The van der Waals surface area contributed by atoms with Crippen LogP contribution in [0, 0.1) is 5.82 Å². The van der Waals surface area contributed by atoms with E-state index in [9.17, 15) is 14.0 Å². The van der Waals surface area contributed by atoms with E-state index < -0.39 is 0 Å². The molecule has 0 saturated carbocycles. The molecular formula is C22H19FN4O2S. The monoisotopic (exact) mass is 422 g/mol. The number of amides is 2. The smallest absolute Gasteiger partial charge is 0.224 e. The number of carbonyl (C=O) groups excluding carboxylic acids is 2. The molecule has 0 spiro atoms. The van der Waals surface area contributed by atoms with Crippen molar-refractivity contribution in [3.8, 4) is 11.3 Å². The number of halogens is 1. The molecule has 2 N–H and O–H groups in total. The Morgan fingerprint density at radius 2 is 1.87 bits per heavy atom. The van der Waals surface area contributed by atoms with Gasteiger partial charge < -0.3 is 10.6 Å². The topological polar surface area (TPSA) is 75.5 Å². The van der Waals surface area contributed by atoms with Crippen LogP contribution in [-0.4, -0.2) is 21.2 Å². The second-order valence-corrected chi connectivity index (χ2v) is 7.63. The van der Waals surface area contributed by atoms with Gasteiger partial charge in [-0.05, 0) is 36.8 Å². The Morgan fingerprint density at radius 1 is 1.10 bits per heavy atom. The Hall–Kier alpha value is -3.52. The number of fused-ring (bicyclic) bond motifs is 1. The third kappa shape index (κ3) is 4.38. The summed E-state index contributed by atoms with van der Waals surface area (Å²) in [6.45, 7) is 1.43. The van der Waals surface area contributed by atoms with Crippen LogP contribution >= 0.6 is 11.3 Å². The number of anilines is 2. The van der Waals surface area contributed by atoms with Crippen molar-refractivity contribution in [1.29, 1.82) is 0 Å². The molecule has 0 radical (unpaired) electrons. The lowest BCUT2D eigenvalue weighted by Gasteiger charge is -2.08. The number of nitrogens with zero attached hydrogens (tertiary/aromatic N) is 2. The summed E-state index contributed by atoms with van der Waals surface area (Å²) in [6, 6.07) is 13.5. The standard InChI is InChI=1S/C22H19FN4O2S/c1-14(28)24-15-5-4-6-16(11-15)25-21(29)10-9-17-13-30-22-26-20(12-27(17)22)18-7-2-3-8-19(18)23/h2-8,11-13H,9-10H2,1H3,(H,24,28)(H,25,29). The Bertz CT molecular complexity index is 1230. The van der Waals surface area contributed by atoms with Crippen LogP contribution in [0.2, 0.25) is 0 Å². The van der Waals surface area contributed by atoms with Gasteiger partial charge in [-0.15, -0.1) is 11.3 Å². The second kappa shape index (κ2) is 8.46. The van der Waals surface area contributed by atoms with Crippen molar-refractivity contribution in [2.75, 3.05) is 10.6 Å². The van der Waals surface area contributed by atoms with Gasteiger partial charge in [0.25, 0.3) is 0 Å². The number of imidazole rings is 1. The average Bonchev–Trinajstić information content (AvgIpc) is 3.27. The minimum Gasteiger partial charge on any atom is -0.326 e. The van der Waals surface area contributed by atoms with Crippen molar-refractivity contribution in [2.45, 2.75) is 19.8 Å². The van der Waals surface area contributed by atoms with E-state index in [1.807, 2.05) is 9.78 Å². The Labute approximate surface area is 176 Å². The summed E-state index contributed by atoms with van der Waals surface area (Å²) in [6.07, 6.45) is 2.60. The van der Waals surface area contributed by atoms with Crippen LogP contribution in [-0.2, 0) is 16.0 Å². The van der Waals surface area contributed by atoms with Gasteiger partial charge in [0, 0.05) is 47.6 Å². The number of thiazole rings is 1. The highest BCUT2D eigenvalue weighted by molar-refractivity contribution is 7.15. The van der Waals surface area contributed by atoms with Gasteiger partial charge in [-0.2, -0.15) is 0 Å². The minimum atomic E-state index is -0.314. The Morgan fingerprint density at radius 3 is 2.63 bits per heavy atom. The van der Waals surface area contributed by atoms with E-state index in [0.29, 0.717) is 29.1 Å². The van der Waals surface area contributed by atoms with E-state index in [1.54, 1.807) is 48.7 Å². The normalized spacial score (nSPS) is 10.9. The Kier molecular flexibility index (Phi) is 5.58. The maximum atomic E-state index is 14.0. The molecule has 152 valence electrons. The molecule has 0 atom stereocenters. The fourth-order valence-electron chi connectivity index (χ4n) is 3.15. The van der Waals surface area contributed by atoms with Crippen LogP contribution in [0.3, 0.4) is 0 Å². The largest absolute Gasteiger partial charge is 0.326 e. The molecule has 4 aromatic rings. The summed E-state index contributed by atoms with van der Waals surface area (Å²) in [5.74, 6) is -0.621. The van der Waals surface area contributed by atoms with Crippen LogP contribution in [0.25, 0.3) is 16.2 Å². The van der Waals surface area contributed by atoms with Gasteiger partial charge in [0.2, 0.25) is 11.8 Å². The van der Waals surface area contributed by atoms with Crippen molar-refractivity contribution in [1.82, 2.24) is 9.38 Å². The second-order valence-electron chi connectivity index (χ2n) is 6.80. The number of aromatic nitrogens is 2. The summed E-state index contributed by atoms with van der Waals surface area (Å²) in [7, 11) is 0. The SMILES string of the molecule is CC(=O)Nc1cccc(NC(=O)CCc2csc3nc(-c4ccccc4F)cn23)c1. The Balaban J connectivity index is 1.43. The molecule has 4 rings (SSSR count). The minimum absolute atomic E-state index is 0.135. The summed E-state index contributed by atoms with van der Waals surface area (Å²) < 4.78 is 15.9. The van der Waals surface area contributed by atoms with E-state index in [-0.39, 0.29) is 24.1 Å². The molecule has 30 heavy (non-hydrogen) atoms. The highest BCUT2D eigenvalue weighted by Gasteiger charge is 2.13. The lowest BCUT2D eigenvalue weighted by molar-refractivity contribution is -0.116. The molecule has 0 aliphatic heterocycles. The van der Waals surface area contributed by atoms with Crippen LogP contribution in [0.4, 0.5) is 15.8 Å². The van der Waals surface area contributed by atoms with Crippen molar-refractivity contribution in [3.05, 3.63) is 71.6 Å². The molecule has 0 saturated heterocycles. The number of hydrogen-bond acceptors (Lipinski definition) is 4.